The van der Waals surface area contributed by atoms with Gasteiger partial charge in [-0.1, -0.05) is 0 Å². The number of hydrogen-bond acceptors (Lipinski definition) is 1. The Hall–Kier alpha value is -2.28. The zero-order valence-corrected chi connectivity index (χ0v) is 20.5. The maximum atomic E-state index is 13.9. The number of carboxylic acids is 1. The summed E-state index contributed by atoms with van der Waals surface area (Å²) in [4.78, 5) is 10.6. The lowest BCUT2D eigenvalue weighted by Crippen LogP contribution is -2.76. The predicted molar refractivity (Wildman–Crippen MR) is 91.1 cm³/mol. The molecule has 0 saturated heterocycles. The Kier molecular flexibility index (Phi) is 10.6. The zero-order valence-electron chi connectivity index (χ0n) is 20.5. The summed E-state index contributed by atoms with van der Waals surface area (Å²) in [6.07, 6.45) is -17.1. The van der Waals surface area contributed by atoms with Gasteiger partial charge in [-0.15, -0.1) is 0 Å². The molecule has 0 bridgehead atoms. The smallest absolute Gasteiger partial charge is 0.460 e. The molecule has 0 aliphatic rings. The van der Waals surface area contributed by atoms with Crippen molar-refractivity contribution >= 4 is 5.97 Å². The maximum absolute atomic E-state index is 13.9. The highest BCUT2D eigenvalue weighted by atomic mass is 19.4. The van der Waals surface area contributed by atoms with Crippen LogP contribution < -0.4 is 0 Å². The second-order valence-corrected chi connectivity index (χ2v) is 9.14. The van der Waals surface area contributed by atoms with Crippen molar-refractivity contribution in [3.63, 3.8) is 0 Å². The summed E-state index contributed by atoms with van der Waals surface area (Å²) in [7, 11) is 0. The van der Waals surface area contributed by atoms with Crippen LogP contribution in [-0.4, -0.2) is 82.4 Å². The first-order valence-electron chi connectivity index (χ1n) is 10.5. The van der Waals surface area contributed by atoms with Crippen molar-refractivity contribution in [1.82, 2.24) is 0 Å². The molecule has 0 aliphatic carbocycles. The van der Waals surface area contributed by atoms with Crippen molar-refractivity contribution in [2.45, 2.75) is 97.5 Å². The SMILES string of the molecule is CC(F)(F)C(F)(F)C(CCC(F)(F)C(F)(F)C(F)(F)C(F)(F)C(F)(F)C(F)(F)C(F)(F)C(F)(F)C(F)(F)C(F)(F)F)CC(=O)O. The van der Waals surface area contributed by atoms with Gasteiger partial charge in [-0.3, -0.25) is 4.79 Å². The Labute approximate surface area is 230 Å². The molecule has 0 aromatic carbocycles. The van der Waals surface area contributed by atoms with E-state index < -0.39 is 109 Å². The van der Waals surface area contributed by atoms with Gasteiger partial charge in [0.2, 0.25) is 0 Å². The highest BCUT2D eigenvalue weighted by Crippen LogP contribution is 2.66. The molecule has 0 rings (SSSR count). The molecule has 0 aromatic heterocycles. The Morgan fingerprint density at radius 2 is 0.756 bits per heavy atom. The van der Waals surface area contributed by atoms with Crippen molar-refractivity contribution in [3.8, 4) is 0 Å². The van der Waals surface area contributed by atoms with E-state index in [0.717, 1.165) is 0 Å². The maximum Gasteiger partial charge on any atom is 0.460 e. The number of carbonyl (C=O) groups is 1. The molecule has 0 fully saturated rings. The van der Waals surface area contributed by atoms with Crippen molar-refractivity contribution in [1.29, 1.82) is 0 Å². The number of aliphatic carboxylic acids is 1. The number of rotatable bonds is 15. The lowest BCUT2D eigenvalue weighted by atomic mass is 9.83. The number of hydrogen-bond donors (Lipinski definition) is 1. The average Bonchev–Trinajstić information content (AvgIpc) is 2.78. The van der Waals surface area contributed by atoms with E-state index in [9.17, 15) is 115 Å². The third-order valence-corrected chi connectivity index (χ3v) is 5.90. The zero-order chi connectivity index (χ0) is 37.3. The Morgan fingerprint density at radius 3 is 1.00 bits per heavy atom. The van der Waals surface area contributed by atoms with Gasteiger partial charge in [0, 0.05) is 19.3 Å². The van der Waals surface area contributed by atoms with Crippen LogP contribution in [0, 0.1) is 5.92 Å². The Balaban J connectivity index is 6.99. The number of alkyl halides is 25. The minimum absolute atomic E-state index is 0.755. The molecular formula is C18H11F25O2. The third kappa shape index (κ3) is 6.12. The quantitative estimate of drug-likeness (QED) is 0.170. The molecular weight excluding hydrogens is 723 g/mol. The summed E-state index contributed by atoms with van der Waals surface area (Å²) >= 11 is 0. The van der Waals surface area contributed by atoms with E-state index >= 15 is 0 Å². The Bertz CT molecular complexity index is 1060. The predicted octanol–water partition coefficient (Wildman–Crippen LogP) is 9.43. The van der Waals surface area contributed by atoms with Crippen molar-refractivity contribution < 1.29 is 120 Å². The van der Waals surface area contributed by atoms with Gasteiger partial charge >= 0.3 is 77.3 Å². The van der Waals surface area contributed by atoms with Crippen LogP contribution in [0.1, 0.15) is 26.2 Å². The number of carboxylic acid groups (broad SMARTS) is 1. The fraction of sp³-hybridized carbons (Fsp3) is 0.944. The largest absolute Gasteiger partial charge is 0.481 e. The normalized spacial score (nSPS) is 17.0. The van der Waals surface area contributed by atoms with Gasteiger partial charge in [0.15, 0.2) is 0 Å². The van der Waals surface area contributed by atoms with Gasteiger partial charge in [0.25, 0.3) is 0 Å². The molecule has 0 spiro atoms. The average molecular weight is 734 g/mol. The van der Waals surface area contributed by atoms with E-state index in [2.05, 4.69) is 0 Å². The van der Waals surface area contributed by atoms with Crippen LogP contribution in [0.4, 0.5) is 110 Å². The van der Waals surface area contributed by atoms with Crippen LogP contribution >= 0.6 is 0 Å². The minimum Gasteiger partial charge on any atom is -0.481 e. The van der Waals surface area contributed by atoms with Gasteiger partial charge in [0.1, 0.15) is 0 Å². The van der Waals surface area contributed by atoms with E-state index in [1.807, 2.05) is 0 Å². The van der Waals surface area contributed by atoms with Crippen LogP contribution in [0.15, 0.2) is 0 Å². The highest BCUT2D eigenvalue weighted by molar-refractivity contribution is 5.67. The van der Waals surface area contributed by atoms with Gasteiger partial charge < -0.3 is 5.11 Å². The first kappa shape index (κ1) is 42.7. The fourth-order valence-electron chi connectivity index (χ4n) is 3.08. The molecule has 0 aromatic rings. The van der Waals surface area contributed by atoms with Gasteiger partial charge in [0.05, 0.1) is 6.42 Å². The highest BCUT2D eigenvalue weighted by Gasteiger charge is 2.97. The van der Waals surface area contributed by atoms with E-state index in [4.69, 9.17) is 5.11 Å². The molecule has 2 nitrogen and oxygen atoms in total. The molecule has 0 amide bonds. The second kappa shape index (κ2) is 11.2. The standard InChI is InChI=1S/C18H11F25O2/c1-7(19,20)9(23,24)5(4-6(44)45)2-3-8(21,22)10(25,26)11(27,28)12(29,30)13(31,32)14(33,34)15(35,36)16(37,38)17(39,40)18(41,42)43/h5H,2-4H2,1H3,(H,44,45). The molecule has 0 heterocycles. The van der Waals surface area contributed by atoms with Crippen molar-refractivity contribution in [2.24, 2.45) is 5.92 Å². The second-order valence-electron chi connectivity index (χ2n) is 9.14. The monoisotopic (exact) mass is 734 g/mol. The van der Waals surface area contributed by atoms with Crippen LogP contribution in [0.3, 0.4) is 0 Å². The van der Waals surface area contributed by atoms with Crippen LogP contribution in [-0.2, 0) is 4.79 Å². The topological polar surface area (TPSA) is 37.3 Å². The van der Waals surface area contributed by atoms with Gasteiger partial charge in [-0.2, -0.15) is 101 Å². The van der Waals surface area contributed by atoms with Gasteiger partial charge in [-0.25, -0.2) is 8.78 Å². The minimum atomic E-state index is -9.42. The summed E-state index contributed by atoms with van der Waals surface area (Å²) < 4.78 is 334. The fourth-order valence-corrected chi connectivity index (χ4v) is 3.08. The van der Waals surface area contributed by atoms with Crippen molar-refractivity contribution in [2.75, 3.05) is 0 Å². The van der Waals surface area contributed by atoms with Crippen LogP contribution in [0.5, 0.6) is 0 Å². The molecule has 27 heteroatoms. The summed E-state index contributed by atoms with van der Waals surface area (Å²) in [5.41, 5.74) is 0. The summed E-state index contributed by atoms with van der Waals surface area (Å²) in [5.74, 6) is -97.6. The first-order chi connectivity index (χ1) is 19.0. The molecule has 0 aliphatic heterocycles. The molecule has 1 atom stereocenters. The lowest BCUT2D eigenvalue weighted by Gasteiger charge is -2.44. The molecule has 1 N–H and O–H groups in total. The molecule has 0 saturated carbocycles. The Morgan fingerprint density at radius 1 is 0.489 bits per heavy atom. The van der Waals surface area contributed by atoms with Crippen LogP contribution in [0.25, 0.3) is 0 Å². The lowest BCUT2D eigenvalue weighted by molar-refractivity contribution is -0.474. The summed E-state index contributed by atoms with van der Waals surface area (Å²) in [6.45, 7) is -0.755. The van der Waals surface area contributed by atoms with Crippen molar-refractivity contribution in [3.05, 3.63) is 0 Å². The van der Waals surface area contributed by atoms with E-state index in [0.29, 0.717) is 0 Å². The summed E-state index contributed by atoms with van der Waals surface area (Å²) in [6, 6.07) is 0. The van der Waals surface area contributed by atoms with E-state index in [-0.39, 0.29) is 0 Å². The number of halogens is 25. The molecule has 270 valence electrons. The van der Waals surface area contributed by atoms with Crippen LogP contribution in [0.2, 0.25) is 0 Å². The van der Waals surface area contributed by atoms with E-state index in [1.165, 1.54) is 0 Å². The molecule has 0 radical (unpaired) electrons. The van der Waals surface area contributed by atoms with E-state index in [1.54, 1.807) is 0 Å². The molecule has 45 heavy (non-hydrogen) atoms. The first-order valence-corrected chi connectivity index (χ1v) is 10.5. The third-order valence-electron chi connectivity index (χ3n) is 5.90. The molecule has 1 unspecified atom stereocenters. The van der Waals surface area contributed by atoms with Gasteiger partial charge in [-0.05, 0) is 6.42 Å². The summed E-state index contributed by atoms with van der Waals surface area (Å²) in [5, 5.41) is 8.41.